The highest BCUT2D eigenvalue weighted by atomic mass is 35.5. The first kappa shape index (κ1) is 26.2. The van der Waals surface area contributed by atoms with Gasteiger partial charge < -0.3 is 22.3 Å². The van der Waals surface area contributed by atoms with E-state index in [0.717, 1.165) is 18.8 Å². The summed E-state index contributed by atoms with van der Waals surface area (Å²) < 4.78 is 7.76. The van der Waals surface area contributed by atoms with Crippen LogP contribution in [-0.2, 0) is 6.54 Å². The molecular formula is C23H42ClNO2. The highest BCUT2D eigenvalue weighted by Crippen LogP contribution is 2.13. The Morgan fingerprint density at radius 1 is 0.815 bits per heavy atom. The summed E-state index contributed by atoms with van der Waals surface area (Å²) in [7, 11) is 0. The summed E-state index contributed by atoms with van der Waals surface area (Å²) in [5.41, 5.74) is 0. The second-order valence-corrected chi connectivity index (χ2v) is 7.45. The number of nitrogens with zero attached hydrogens (tertiary/aromatic N) is 1. The Hall–Kier alpha value is -0.800. The number of aliphatic hydroxyl groups excluding tert-OH is 1. The molecule has 0 bridgehead atoms. The maximum Gasteiger partial charge on any atom is 0.211 e. The van der Waals surface area contributed by atoms with Crippen molar-refractivity contribution in [2.75, 3.05) is 13.2 Å². The molecular weight excluding hydrogens is 358 g/mol. The third-order valence-electron chi connectivity index (χ3n) is 4.96. The lowest BCUT2D eigenvalue weighted by atomic mass is 10.0. The van der Waals surface area contributed by atoms with Gasteiger partial charge in [-0.2, -0.15) is 4.57 Å². The van der Waals surface area contributed by atoms with Crippen LogP contribution in [-0.4, -0.2) is 18.3 Å². The Bertz CT molecular complexity index is 429. The van der Waals surface area contributed by atoms with E-state index < -0.39 is 0 Å². The molecule has 1 rings (SSSR count). The summed E-state index contributed by atoms with van der Waals surface area (Å²) in [4.78, 5) is 0. The molecule has 27 heavy (non-hydrogen) atoms. The Kier molecular flexibility index (Phi) is 19.4. The molecule has 0 unspecified atom stereocenters. The zero-order valence-electron chi connectivity index (χ0n) is 17.5. The van der Waals surface area contributed by atoms with Gasteiger partial charge in [-0.25, -0.2) is 0 Å². The summed E-state index contributed by atoms with van der Waals surface area (Å²) >= 11 is 0. The van der Waals surface area contributed by atoms with Gasteiger partial charge >= 0.3 is 0 Å². The number of aromatic nitrogens is 1. The van der Waals surface area contributed by atoms with E-state index in [4.69, 9.17) is 9.84 Å². The van der Waals surface area contributed by atoms with Gasteiger partial charge in [0.15, 0.2) is 18.5 Å². The van der Waals surface area contributed by atoms with E-state index in [1.165, 1.54) is 83.5 Å². The number of hydrogen-bond donors (Lipinski definition) is 1. The SMILES string of the molecule is CCCCCCCCCCCCCCCCOc1ccc[n+](CCO)c1.[Cl-]. The van der Waals surface area contributed by atoms with Gasteiger partial charge in [-0.1, -0.05) is 90.4 Å². The fourth-order valence-electron chi connectivity index (χ4n) is 3.32. The second kappa shape index (κ2) is 19.9. The van der Waals surface area contributed by atoms with Crippen LogP contribution in [0, 0.1) is 0 Å². The zero-order chi connectivity index (χ0) is 18.7. The second-order valence-electron chi connectivity index (χ2n) is 7.45. The van der Waals surface area contributed by atoms with Gasteiger partial charge in [-0.15, -0.1) is 0 Å². The summed E-state index contributed by atoms with van der Waals surface area (Å²) in [6.45, 7) is 3.86. The van der Waals surface area contributed by atoms with Crippen LogP contribution in [0.1, 0.15) is 96.8 Å². The fraction of sp³-hybridized carbons (Fsp3) is 0.783. The average Bonchev–Trinajstić information content (AvgIpc) is 2.65. The van der Waals surface area contributed by atoms with E-state index >= 15 is 0 Å². The quantitative estimate of drug-likeness (QED) is 0.304. The van der Waals surface area contributed by atoms with Crippen molar-refractivity contribution in [1.29, 1.82) is 0 Å². The number of pyridine rings is 1. The average molecular weight is 400 g/mol. The molecule has 1 N–H and O–H groups in total. The van der Waals surface area contributed by atoms with Crippen molar-refractivity contribution in [2.24, 2.45) is 0 Å². The molecule has 0 fully saturated rings. The van der Waals surface area contributed by atoms with Crippen molar-refractivity contribution < 1.29 is 26.8 Å². The van der Waals surface area contributed by atoms with Crippen molar-refractivity contribution in [3.8, 4) is 5.75 Å². The molecule has 1 aromatic rings. The minimum Gasteiger partial charge on any atom is -1.00 e. The molecule has 4 heteroatoms. The predicted octanol–water partition coefficient (Wildman–Crippen LogP) is 2.83. The van der Waals surface area contributed by atoms with Crippen LogP contribution in [0.15, 0.2) is 24.5 Å². The highest BCUT2D eigenvalue weighted by molar-refractivity contribution is 5.12. The number of halogens is 1. The van der Waals surface area contributed by atoms with E-state index in [9.17, 15) is 0 Å². The van der Waals surface area contributed by atoms with Crippen LogP contribution in [0.25, 0.3) is 0 Å². The Labute approximate surface area is 173 Å². The van der Waals surface area contributed by atoms with Crippen molar-refractivity contribution in [3.05, 3.63) is 24.5 Å². The summed E-state index contributed by atoms with van der Waals surface area (Å²) in [5, 5.41) is 8.97. The van der Waals surface area contributed by atoms with E-state index in [1.807, 2.05) is 29.1 Å². The number of hydrogen-bond acceptors (Lipinski definition) is 2. The smallest absolute Gasteiger partial charge is 0.211 e. The molecule has 0 radical (unpaired) electrons. The molecule has 0 aliphatic carbocycles. The largest absolute Gasteiger partial charge is 1.00 e. The van der Waals surface area contributed by atoms with Crippen LogP contribution in [0.5, 0.6) is 5.75 Å². The Balaban J connectivity index is 0.00000676. The minimum absolute atomic E-state index is 0. The first-order valence-electron chi connectivity index (χ1n) is 11.1. The molecule has 3 nitrogen and oxygen atoms in total. The lowest BCUT2D eigenvalue weighted by Gasteiger charge is -2.05. The number of ether oxygens (including phenoxy) is 1. The van der Waals surface area contributed by atoms with E-state index in [0.29, 0.717) is 6.54 Å². The number of unbranched alkanes of at least 4 members (excludes halogenated alkanes) is 13. The number of rotatable bonds is 18. The lowest BCUT2D eigenvalue weighted by molar-refractivity contribution is -0.698. The van der Waals surface area contributed by atoms with E-state index in [2.05, 4.69) is 6.92 Å². The molecule has 0 saturated heterocycles. The first-order valence-corrected chi connectivity index (χ1v) is 11.1. The molecule has 0 saturated carbocycles. The Morgan fingerprint density at radius 3 is 1.85 bits per heavy atom. The predicted molar refractivity (Wildman–Crippen MR) is 110 cm³/mol. The maximum absolute atomic E-state index is 8.97. The van der Waals surface area contributed by atoms with Gasteiger partial charge in [0.1, 0.15) is 6.61 Å². The van der Waals surface area contributed by atoms with Gasteiger partial charge in [0.25, 0.3) is 0 Å². The van der Waals surface area contributed by atoms with E-state index in [-0.39, 0.29) is 19.0 Å². The van der Waals surface area contributed by atoms with E-state index in [1.54, 1.807) is 0 Å². The summed E-state index contributed by atoms with van der Waals surface area (Å²) in [6, 6.07) is 3.95. The molecule has 0 atom stereocenters. The standard InChI is InChI=1S/C23H42NO2.ClH/c1-2-3-4-5-6-7-8-9-10-11-12-13-14-15-21-26-23-17-16-18-24(22-23)19-20-25;/h16-18,22,25H,2-15,19-21H2,1H3;1H/q+1;/p-1. The number of aliphatic hydroxyl groups is 1. The zero-order valence-corrected chi connectivity index (χ0v) is 18.3. The van der Waals surface area contributed by atoms with Crippen LogP contribution in [0.3, 0.4) is 0 Å². The maximum atomic E-state index is 8.97. The van der Waals surface area contributed by atoms with Gasteiger partial charge in [0.05, 0.1) is 6.61 Å². The van der Waals surface area contributed by atoms with Gasteiger partial charge in [-0.05, 0) is 12.5 Å². The van der Waals surface area contributed by atoms with Crippen molar-refractivity contribution >= 4 is 0 Å². The minimum atomic E-state index is 0. The molecule has 0 amide bonds. The fourth-order valence-corrected chi connectivity index (χ4v) is 3.32. The molecule has 1 aromatic heterocycles. The monoisotopic (exact) mass is 399 g/mol. The van der Waals surface area contributed by atoms with Crippen LogP contribution >= 0.6 is 0 Å². The van der Waals surface area contributed by atoms with Crippen molar-refractivity contribution in [2.45, 2.75) is 103 Å². The van der Waals surface area contributed by atoms with Crippen molar-refractivity contribution in [3.63, 3.8) is 0 Å². The van der Waals surface area contributed by atoms with Gasteiger partial charge in [0.2, 0.25) is 6.20 Å². The molecule has 0 aliphatic rings. The normalized spacial score (nSPS) is 10.6. The first-order chi connectivity index (χ1) is 12.9. The third-order valence-corrected chi connectivity index (χ3v) is 4.96. The molecule has 0 aromatic carbocycles. The topological polar surface area (TPSA) is 33.3 Å². The summed E-state index contributed by atoms with van der Waals surface area (Å²) in [5.74, 6) is 0.899. The van der Waals surface area contributed by atoms with Gasteiger partial charge in [0, 0.05) is 6.07 Å². The molecule has 0 spiro atoms. The Morgan fingerprint density at radius 2 is 1.33 bits per heavy atom. The van der Waals surface area contributed by atoms with Crippen LogP contribution < -0.4 is 21.7 Å². The molecule has 158 valence electrons. The van der Waals surface area contributed by atoms with Gasteiger partial charge in [-0.3, -0.25) is 0 Å². The van der Waals surface area contributed by atoms with Crippen molar-refractivity contribution in [1.82, 2.24) is 0 Å². The van der Waals surface area contributed by atoms with Crippen LogP contribution in [0.2, 0.25) is 0 Å². The lowest BCUT2D eigenvalue weighted by Crippen LogP contribution is -3.00. The third kappa shape index (κ3) is 15.9. The molecule has 1 heterocycles. The summed E-state index contributed by atoms with van der Waals surface area (Å²) in [6.07, 6.45) is 23.2. The highest BCUT2D eigenvalue weighted by Gasteiger charge is 2.02. The molecule has 0 aliphatic heterocycles. The van der Waals surface area contributed by atoms with Crippen LogP contribution in [0.4, 0.5) is 0 Å².